The average molecular weight is 395 g/mol. The molecule has 0 unspecified atom stereocenters. The molecule has 5 nitrogen and oxygen atoms in total. The fraction of sp³-hybridized carbons (Fsp3) is 0.417. The maximum Gasteiger partial charge on any atom is 0.262 e. The molecule has 0 fully saturated rings. The van der Waals surface area contributed by atoms with Crippen LogP contribution in [0.15, 0.2) is 30.3 Å². The number of carbonyl (C=O) groups excluding carboxylic acids is 2. The largest absolute Gasteiger partial charge is 0.495 e. The highest BCUT2D eigenvalue weighted by Gasteiger charge is 2.31. The molecule has 0 heterocycles. The van der Waals surface area contributed by atoms with E-state index in [2.05, 4.69) is 26.1 Å². The summed E-state index contributed by atoms with van der Waals surface area (Å²) in [7, 11) is 1.57. The fourth-order valence-electron chi connectivity index (χ4n) is 3.83. The van der Waals surface area contributed by atoms with E-state index in [1.807, 2.05) is 38.1 Å². The summed E-state index contributed by atoms with van der Waals surface area (Å²) in [5.41, 5.74) is 4.38. The van der Waals surface area contributed by atoms with E-state index in [0.717, 1.165) is 16.7 Å². The molecule has 1 aliphatic rings. The number of hydrogen-bond donors (Lipinski definition) is 1. The van der Waals surface area contributed by atoms with E-state index in [9.17, 15) is 9.59 Å². The highest BCUT2D eigenvalue weighted by Crippen LogP contribution is 2.40. The van der Waals surface area contributed by atoms with Gasteiger partial charge in [0.15, 0.2) is 12.4 Å². The second-order valence-corrected chi connectivity index (χ2v) is 8.70. The third-order valence-electron chi connectivity index (χ3n) is 5.39. The summed E-state index contributed by atoms with van der Waals surface area (Å²) >= 11 is 0. The number of benzene rings is 2. The van der Waals surface area contributed by atoms with Gasteiger partial charge in [0.05, 0.1) is 18.4 Å². The van der Waals surface area contributed by atoms with Crippen molar-refractivity contribution >= 4 is 17.4 Å². The third-order valence-corrected chi connectivity index (χ3v) is 5.39. The van der Waals surface area contributed by atoms with E-state index < -0.39 is 0 Å². The molecule has 154 valence electrons. The van der Waals surface area contributed by atoms with Crippen LogP contribution >= 0.6 is 0 Å². The van der Waals surface area contributed by atoms with Gasteiger partial charge in [0.1, 0.15) is 11.5 Å². The summed E-state index contributed by atoms with van der Waals surface area (Å²) in [6.45, 7) is 10.2. The van der Waals surface area contributed by atoms with Crippen LogP contribution in [0.5, 0.6) is 11.5 Å². The number of nitrogens with one attached hydrogen (secondary N) is 1. The lowest BCUT2D eigenvalue weighted by Crippen LogP contribution is -2.22. The minimum Gasteiger partial charge on any atom is -0.495 e. The van der Waals surface area contributed by atoms with Crippen LogP contribution in [0, 0.1) is 6.92 Å². The van der Waals surface area contributed by atoms with Crippen molar-refractivity contribution in [2.24, 2.45) is 0 Å². The van der Waals surface area contributed by atoms with Crippen molar-refractivity contribution in [1.29, 1.82) is 0 Å². The lowest BCUT2D eigenvalue weighted by molar-refractivity contribution is -0.118. The Morgan fingerprint density at radius 3 is 2.52 bits per heavy atom. The summed E-state index contributed by atoms with van der Waals surface area (Å²) in [6, 6.07) is 9.48. The molecule has 5 heteroatoms. The number of aryl methyl sites for hydroxylation is 1. The smallest absolute Gasteiger partial charge is 0.262 e. The number of anilines is 1. The predicted molar refractivity (Wildman–Crippen MR) is 114 cm³/mol. The molecule has 1 atom stereocenters. The quantitative estimate of drug-likeness (QED) is 0.773. The zero-order chi connectivity index (χ0) is 21.3. The van der Waals surface area contributed by atoms with Crippen molar-refractivity contribution in [3.05, 3.63) is 52.6 Å². The number of carbonyl (C=O) groups is 2. The Balaban J connectivity index is 1.76. The molecule has 0 radical (unpaired) electrons. The molecule has 3 rings (SSSR count). The second-order valence-electron chi connectivity index (χ2n) is 8.70. The van der Waals surface area contributed by atoms with Gasteiger partial charge in [0.2, 0.25) is 0 Å². The van der Waals surface area contributed by atoms with Gasteiger partial charge in [-0.25, -0.2) is 0 Å². The minimum absolute atomic E-state index is 0.0538. The molecule has 1 amide bonds. The van der Waals surface area contributed by atoms with Gasteiger partial charge < -0.3 is 14.8 Å². The average Bonchev–Trinajstić information content (AvgIpc) is 2.96. The molecule has 0 spiro atoms. The highest BCUT2D eigenvalue weighted by atomic mass is 16.5. The van der Waals surface area contributed by atoms with Crippen molar-refractivity contribution in [3.63, 3.8) is 0 Å². The van der Waals surface area contributed by atoms with Gasteiger partial charge in [-0.2, -0.15) is 0 Å². The summed E-state index contributed by atoms with van der Waals surface area (Å²) in [5.74, 6) is 1.02. The van der Waals surface area contributed by atoms with Crippen LogP contribution < -0.4 is 14.8 Å². The van der Waals surface area contributed by atoms with Gasteiger partial charge in [-0.1, -0.05) is 39.8 Å². The number of rotatable bonds is 5. The predicted octanol–water partition coefficient (Wildman–Crippen LogP) is 5.01. The van der Waals surface area contributed by atoms with Gasteiger partial charge in [0, 0.05) is 6.42 Å². The van der Waals surface area contributed by atoms with Gasteiger partial charge >= 0.3 is 0 Å². The third kappa shape index (κ3) is 4.29. The van der Waals surface area contributed by atoms with Crippen molar-refractivity contribution < 1.29 is 19.1 Å². The first-order valence-electron chi connectivity index (χ1n) is 9.89. The number of Topliss-reactive ketones (excluding diaryl/α,β-unsaturated/α-hetero) is 1. The molecule has 1 aliphatic carbocycles. The van der Waals surface area contributed by atoms with Crippen LogP contribution in [0.2, 0.25) is 0 Å². The molecule has 0 aliphatic heterocycles. The van der Waals surface area contributed by atoms with Crippen molar-refractivity contribution in [3.8, 4) is 11.5 Å². The van der Waals surface area contributed by atoms with E-state index in [-0.39, 0.29) is 29.6 Å². The highest BCUT2D eigenvalue weighted by molar-refractivity contribution is 6.04. The van der Waals surface area contributed by atoms with Crippen LogP contribution in [0.3, 0.4) is 0 Å². The van der Waals surface area contributed by atoms with Crippen molar-refractivity contribution in [2.75, 3.05) is 19.0 Å². The number of amides is 1. The van der Waals surface area contributed by atoms with Gasteiger partial charge in [-0.05, 0) is 53.1 Å². The Kier molecular flexibility index (Phi) is 5.69. The monoisotopic (exact) mass is 395 g/mol. The molecule has 1 N–H and O–H groups in total. The zero-order valence-corrected chi connectivity index (χ0v) is 18.0. The topological polar surface area (TPSA) is 64.6 Å². The summed E-state index contributed by atoms with van der Waals surface area (Å²) < 4.78 is 11.1. The molecule has 2 aromatic rings. The fourth-order valence-corrected chi connectivity index (χ4v) is 3.83. The molecule has 0 saturated carbocycles. The van der Waals surface area contributed by atoms with E-state index in [0.29, 0.717) is 29.2 Å². The van der Waals surface area contributed by atoms with Gasteiger partial charge in [0.25, 0.3) is 5.91 Å². The molecular formula is C24H29NO4. The normalized spacial score (nSPS) is 15.8. The Bertz CT molecular complexity index is 956. The second kappa shape index (κ2) is 7.90. The van der Waals surface area contributed by atoms with Gasteiger partial charge in [-0.15, -0.1) is 0 Å². The van der Waals surface area contributed by atoms with Crippen molar-refractivity contribution in [2.45, 2.75) is 52.4 Å². The van der Waals surface area contributed by atoms with E-state index in [1.54, 1.807) is 13.2 Å². The molecular weight excluding hydrogens is 366 g/mol. The van der Waals surface area contributed by atoms with Crippen LogP contribution in [-0.2, 0) is 10.2 Å². The van der Waals surface area contributed by atoms with Crippen molar-refractivity contribution in [1.82, 2.24) is 0 Å². The van der Waals surface area contributed by atoms with Crippen LogP contribution in [-0.4, -0.2) is 25.4 Å². The van der Waals surface area contributed by atoms with Crippen LogP contribution in [0.25, 0.3) is 0 Å². The maximum atomic E-state index is 12.6. The molecule has 0 aromatic heterocycles. The zero-order valence-electron chi connectivity index (χ0n) is 18.0. The summed E-state index contributed by atoms with van der Waals surface area (Å²) in [5, 5.41) is 2.87. The van der Waals surface area contributed by atoms with E-state index in [1.165, 1.54) is 0 Å². The first-order chi connectivity index (χ1) is 13.6. The number of ether oxygens (including phenoxy) is 2. The SMILES string of the molecule is COc1ccc(C(C)(C)C)cc1NC(=O)COc1ccc(C)c2c1C(=O)C[C@@H]2C. The van der Waals surface area contributed by atoms with E-state index in [4.69, 9.17) is 9.47 Å². The molecule has 2 aromatic carbocycles. The standard InChI is InChI=1S/C24H29NO4/c1-14-7-9-20(23-18(26)11-15(2)22(14)23)29-13-21(27)25-17-12-16(24(3,4)5)8-10-19(17)28-6/h7-10,12,15H,11,13H2,1-6H3,(H,25,27)/t15-/m0/s1. The first kappa shape index (κ1) is 20.9. The lowest BCUT2D eigenvalue weighted by Gasteiger charge is -2.21. The Morgan fingerprint density at radius 2 is 1.86 bits per heavy atom. The Labute approximate surface area is 172 Å². The Hall–Kier alpha value is -2.82. The minimum atomic E-state index is -0.304. The van der Waals surface area contributed by atoms with E-state index >= 15 is 0 Å². The number of fused-ring (bicyclic) bond motifs is 1. The number of hydrogen-bond acceptors (Lipinski definition) is 4. The molecule has 0 saturated heterocycles. The lowest BCUT2D eigenvalue weighted by atomic mass is 9.87. The number of methoxy groups -OCH3 is 1. The van der Waals surface area contributed by atoms with Crippen LogP contribution in [0.4, 0.5) is 5.69 Å². The summed E-state index contributed by atoms with van der Waals surface area (Å²) in [4.78, 5) is 25.0. The molecule has 29 heavy (non-hydrogen) atoms. The maximum absolute atomic E-state index is 12.6. The van der Waals surface area contributed by atoms with Gasteiger partial charge in [-0.3, -0.25) is 9.59 Å². The van der Waals surface area contributed by atoms with Crippen LogP contribution in [0.1, 0.15) is 67.1 Å². The Morgan fingerprint density at radius 1 is 1.17 bits per heavy atom. The first-order valence-corrected chi connectivity index (χ1v) is 9.89. The number of ketones is 1. The summed E-state index contributed by atoms with van der Waals surface area (Å²) in [6.07, 6.45) is 0.486. The molecule has 0 bridgehead atoms.